The monoisotopic (exact) mass is 316 g/mol. The first-order valence-corrected chi connectivity index (χ1v) is 7.06. The summed E-state index contributed by atoms with van der Waals surface area (Å²) in [5.74, 6) is -0.0264. The summed E-state index contributed by atoms with van der Waals surface area (Å²) in [4.78, 5) is 12.3. The minimum atomic E-state index is -0.373. The molecule has 6 heteroatoms. The number of ether oxygens (including phenoxy) is 1. The van der Waals surface area contributed by atoms with Crippen LogP contribution in [0.3, 0.4) is 0 Å². The Morgan fingerprint density at radius 1 is 1.52 bits per heavy atom. The topological polar surface area (TPSA) is 50.4 Å². The molecule has 118 valence electrons. The SMILES string of the molecule is CCOc1cc(F)ccc1NC(=O)[C@H]1CCN[C@@H](C)C1.Cl. The van der Waals surface area contributed by atoms with Crippen molar-refractivity contribution in [2.75, 3.05) is 18.5 Å². The van der Waals surface area contributed by atoms with Crippen molar-refractivity contribution in [1.82, 2.24) is 5.32 Å². The molecule has 1 heterocycles. The number of amides is 1. The predicted octanol–water partition coefficient (Wildman–Crippen LogP) is 2.97. The number of halogens is 2. The van der Waals surface area contributed by atoms with Crippen LogP contribution in [0, 0.1) is 11.7 Å². The molecule has 0 aliphatic carbocycles. The first kappa shape index (κ1) is 17.7. The van der Waals surface area contributed by atoms with E-state index in [1.807, 2.05) is 6.92 Å². The molecule has 0 aromatic heterocycles. The van der Waals surface area contributed by atoms with Crippen molar-refractivity contribution in [2.45, 2.75) is 32.7 Å². The molecule has 1 aliphatic rings. The van der Waals surface area contributed by atoms with Gasteiger partial charge in [-0.1, -0.05) is 0 Å². The van der Waals surface area contributed by atoms with E-state index in [9.17, 15) is 9.18 Å². The first-order valence-electron chi connectivity index (χ1n) is 7.06. The molecular weight excluding hydrogens is 295 g/mol. The van der Waals surface area contributed by atoms with Crippen molar-refractivity contribution in [1.29, 1.82) is 0 Å². The van der Waals surface area contributed by atoms with Gasteiger partial charge < -0.3 is 15.4 Å². The van der Waals surface area contributed by atoms with E-state index in [0.29, 0.717) is 24.1 Å². The summed E-state index contributed by atoms with van der Waals surface area (Å²) in [6.45, 7) is 5.17. The molecular formula is C15H22ClFN2O2. The van der Waals surface area contributed by atoms with Gasteiger partial charge in [0.25, 0.3) is 0 Å². The molecule has 0 bridgehead atoms. The number of hydrogen-bond acceptors (Lipinski definition) is 3. The molecule has 21 heavy (non-hydrogen) atoms. The molecule has 1 aromatic carbocycles. The molecule has 1 amide bonds. The van der Waals surface area contributed by atoms with Gasteiger partial charge in [-0.3, -0.25) is 4.79 Å². The zero-order valence-electron chi connectivity index (χ0n) is 12.3. The minimum absolute atomic E-state index is 0. The summed E-state index contributed by atoms with van der Waals surface area (Å²) >= 11 is 0. The number of carbonyl (C=O) groups excluding carboxylic acids is 1. The molecule has 1 aromatic rings. The average Bonchev–Trinajstić information content (AvgIpc) is 2.42. The third kappa shape index (κ3) is 4.86. The van der Waals surface area contributed by atoms with Gasteiger partial charge in [0, 0.05) is 18.0 Å². The third-order valence-corrected chi connectivity index (χ3v) is 3.50. The zero-order chi connectivity index (χ0) is 14.5. The van der Waals surface area contributed by atoms with Crippen molar-refractivity contribution in [3.8, 4) is 5.75 Å². The number of anilines is 1. The quantitative estimate of drug-likeness (QED) is 0.898. The number of benzene rings is 1. The number of hydrogen-bond donors (Lipinski definition) is 2. The fraction of sp³-hybridized carbons (Fsp3) is 0.533. The van der Waals surface area contributed by atoms with E-state index in [1.165, 1.54) is 12.1 Å². The van der Waals surface area contributed by atoms with Gasteiger partial charge in [0.2, 0.25) is 5.91 Å². The van der Waals surface area contributed by atoms with Crippen LogP contribution in [0.2, 0.25) is 0 Å². The summed E-state index contributed by atoms with van der Waals surface area (Å²) in [7, 11) is 0. The van der Waals surface area contributed by atoms with Crippen LogP contribution in [-0.2, 0) is 4.79 Å². The molecule has 1 saturated heterocycles. The molecule has 0 saturated carbocycles. The van der Waals surface area contributed by atoms with Gasteiger partial charge in [0.15, 0.2) is 0 Å². The van der Waals surface area contributed by atoms with Crippen LogP contribution in [0.4, 0.5) is 10.1 Å². The molecule has 2 rings (SSSR count). The minimum Gasteiger partial charge on any atom is -0.492 e. The van der Waals surface area contributed by atoms with Crippen LogP contribution in [0.1, 0.15) is 26.7 Å². The van der Waals surface area contributed by atoms with Crippen LogP contribution in [0.5, 0.6) is 5.75 Å². The van der Waals surface area contributed by atoms with Gasteiger partial charge >= 0.3 is 0 Å². The highest BCUT2D eigenvalue weighted by molar-refractivity contribution is 5.94. The normalized spacial score (nSPS) is 21.3. The lowest BCUT2D eigenvalue weighted by Crippen LogP contribution is -2.40. The van der Waals surface area contributed by atoms with E-state index in [2.05, 4.69) is 17.6 Å². The standard InChI is InChI=1S/C15H21FN2O2.ClH/c1-3-20-14-9-12(16)4-5-13(14)18-15(19)11-6-7-17-10(2)8-11;/h4-5,9-11,17H,3,6-8H2,1-2H3,(H,18,19);1H/t10-,11-;/m0./s1. The van der Waals surface area contributed by atoms with E-state index in [0.717, 1.165) is 19.4 Å². The second-order valence-corrected chi connectivity index (χ2v) is 5.14. The summed E-state index contributed by atoms with van der Waals surface area (Å²) in [5, 5.41) is 6.17. The number of rotatable bonds is 4. The maximum absolute atomic E-state index is 13.2. The molecule has 0 radical (unpaired) electrons. The van der Waals surface area contributed by atoms with Crippen molar-refractivity contribution in [3.05, 3.63) is 24.0 Å². The van der Waals surface area contributed by atoms with E-state index in [4.69, 9.17) is 4.74 Å². The lowest BCUT2D eigenvalue weighted by molar-refractivity contribution is -0.120. The molecule has 1 aliphatic heterocycles. The zero-order valence-corrected chi connectivity index (χ0v) is 13.1. The highest BCUT2D eigenvalue weighted by Gasteiger charge is 2.25. The second kappa shape index (κ2) is 8.20. The van der Waals surface area contributed by atoms with E-state index < -0.39 is 0 Å². The summed E-state index contributed by atoms with van der Waals surface area (Å²) < 4.78 is 18.6. The Morgan fingerprint density at radius 2 is 2.29 bits per heavy atom. The van der Waals surface area contributed by atoms with Gasteiger partial charge in [-0.2, -0.15) is 0 Å². The molecule has 0 unspecified atom stereocenters. The van der Waals surface area contributed by atoms with Gasteiger partial charge in [-0.05, 0) is 45.4 Å². The predicted molar refractivity (Wildman–Crippen MR) is 83.6 cm³/mol. The van der Waals surface area contributed by atoms with E-state index in [1.54, 1.807) is 6.07 Å². The maximum atomic E-state index is 13.2. The molecule has 2 N–H and O–H groups in total. The Labute approximate surface area is 130 Å². The first-order chi connectivity index (χ1) is 9.60. The summed E-state index contributed by atoms with van der Waals surface area (Å²) in [6.07, 6.45) is 1.64. The lowest BCUT2D eigenvalue weighted by atomic mass is 9.92. The largest absolute Gasteiger partial charge is 0.492 e. The van der Waals surface area contributed by atoms with Gasteiger partial charge in [0.05, 0.1) is 12.3 Å². The number of carbonyl (C=O) groups is 1. The Morgan fingerprint density at radius 3 is 2.95 bits per heavy atom. The Balaban J connectivity index is 0.00000220. The smallest absolute Gasteiger partial charge is 0.227 e. The summed E-state index contributed by atoms with van der Waals surface area (Å²) in [5.41, 5.74) is 0.532. The number of piperidine rings is 1. The third-order valence-electron chi connectivity index (χ3n) is 3.50. The summed E-state index contributed by atoms with van der Waals surface area (Å²) in [6, 6.07) is 4.51. The molecule has 2 atom stereocenters. The van der Waals surface area contributed by atoms with E-state index >= 15 is 0 Å². The fourth-order valence-corrected chi connectivity index (χ4v) is 2.48. The van der Waals surface area contributed by atoms with Crippen LogP contribution >= 0.6 is 12.4 Å². The van der Waals surface area contributed by atoms with Crippen LogP contribution in [-0.4, -0.2) is 25.1 Å². The van der Waals surface area contributed by atoms with Crippen molar-refractivity contribution < 1.29 is 13.9 Å². The van der Waals surface area contributed by atoms with Crippen molar-refractivity contribution in [2.24, 2.45) is 5.92 Å². The molecule has 4 nitrogen and oxygen atoms in total. The second-order valence-electron chi connectivity index (χ2n) is 5.14. The Hall–Kier alpha value is -1.33. The van der Waals surface area contributed by atoms with Gasteiger partial charge in [0.1, 0.15) is 11.6 Å². The van der Waals surface area contributed by atoms with Crippen molar-refractivity contribution >= 4 is 24.0 Å². The highest BCUT2D eigenvalue weighted by atomic mass is 35.5. The Bertz CT molecular complexity index is 485. The van der Waals surface area contributed by atoms with Crippen LogP contribution in [0.25, 0.3) is 0 Å². The highest BCUT2D eigenvalue weighted by Crippen LogP contribution is 2.27. The molecule has 0 spiro atoms. The Kier molecular flexibility index (Phi) is 6.92. The fourth-order valence-electron chi connectivity index (χ4n) is 2.48. The van der Waals surface area contributed by atoms with Gasteiger partial charge in [-0.25, -0.2) is 4.39 Å². The van der Waals surface area contributed by atoms with Crippen molar-refractivity contribution in [3.63, 3.8) is 0 Å². The molecule has 1 fully saturated rings. The van der Waals surface area contributed by atoms with Crippen LogP contribution in [0.15, 0.2) is 18.2 Å². The van der Waals surface area contributed by atoms with E-state index in [-0.39, 0.29) is 30.0 Å². The maximum Gasteiger partial charge on any atom is 0.227 e. The van der Waals surface area contributed by atoms with Crippen LogP contribution < -0.4 is 15.4 Å². The lowest BCUT2D eigenvalue weighted by Gasteiger charge is -2.27. The number of nitrogens with one attached hydrogen (secondary N) is 2. The van der Waals surface area contributed by atoms with Gasteiger partial charge in [-0.15, -0.1) is 12.4 Å². The average molecular weight is 317 g/mol.